The van der Waals surface area contributed by atoms with Crippen molar-refractivity contribution < 1.29 is 9.18 Å². The number of nitrogens with zero attached hydrogens (tertiary/aromatic N) is 2. The van der Waals surface area contributed by atoms with Crippen LogP contribution >= 0.6 is 27.7 Å². The van der Waals surface area contributed by atoms with E-state index in [9.17, 15) is 9.18 Å². The second-order valence-electron chi connectivity index (χ2n) is 5.83. The van der Waals surface area contributed by atoms with E-state index < -0.39 is 0 Å². The lowest BCUT2D eigenvalue weighted by Gasteiger charge is -2.39. The van der Waals surface area contributed by atoms with E-state index >= 15 is 0 Å². The molecule has 0 radical (unpaired) electrons. The highest BCUT2D eigenvalue weighted by Gasteiger charge is 2.47. The van der Waals surface area contributed by atoms with Gasteiger partial charge in [-0.3, -0.25) is 14.8 Å². The summed E-state index contributed by atoms with van der Waals surface area (Å²) in [5.41, 5.74) is 2.19. The van der Waals surface area contributed by atoms with E-state index in [4.69, 9.17) is 4.99 Å². The Balaban J connectivity index is 1.83. The SMILES string of the molecule is O=C1CN=CC2N=C3CCSC3C(c3ccc(F)c(Br)c3)C12. The summed E-state index contributed by atoms with van der Waals surface area (Å²) in [7, 11) is 0. The van der Waals surface area contributed by atoms with Crippen molar-refractivity contribution in [1.82, 2.24) is 0 Å². The first-order valence-electron chi connectivity index (χ1n) is 7.31. The smallest absolute Gasteiger partial charge is 0.160 e. The van der Waals surface area contributed by atoms with Crippen LogP contribution in [0.25, 0.3) is 0 Å². The van der Waals surface area contributed by atoms with E-state index in [-0.39, 0.29) is 41.3 Å². The van der Waals surface area contributed by atoms with Gasteiger partial charge in [0.15, 0.2) is 5.78 Å². The van der Waals surface area contributed by atoms with Crippen LogP contribution in [0.3, 0.4) is 0 Å². The van der Waals surface area contributed by atoms with Gasteiger partial charge in [0.05, 0.1) is 28.2 Å². The van der Waals surface area contributed by atoms with Gasteiger partial charge in [0.25, 0.3) is 0 Å². The first kappa shape index (κ1) is 14.6. The fourth-order valence-electron chi connectivity index (χ4n) is 3.63. The normalized spacial score (nSPS) is 33.4. The Morgan fingerprint density at radius 2 is 2.18 bits per heavy atom. The molecule has 6 heteroatoms. The van der Waals surface area contributed by atoms with Crippen LogP contribution < -0.4 is 0 Å². The molecule has 1 aromatic carbocycles. The molecule has 0 aromatic heterocycles. The van der Waals surface area contributed by atoms with Crippen LogP contribution in [0.5, 0.6) is 0 Å². The van der Waals surface area contributed by atoms with E-state index in [0.717, 1.165) is 17.7 Å². The van der Waals surface area contributed by atoms with Gasteiger partial charge in [0.2, 0.25) is 0 Å². The number of ketones is 1. The van der Waals surface area contributed by atoms with Crippen molar-refractivity contribution in [3.05, 3.63) is 34.1 Å². The molecule has 1 fully saturated rings. The Morgan fingerprint density at radius 1 is 1.32 bits per heavy atom. The summed E-state index contributed by atoms with van der Waals surface area (Å²) in [4.78, 5) is 21.4. The van der Waals surface area contributed by atoms with Crippen LogP contribution in [0.15, 0.2) is 32.7 Å². The molecule has 0 saturated carbocycles. The minimum atomic E-state index is -0.277. The molecule has 4 unspecified atom stereocenters. The zero-order valence-electron chi connectivity index (χ0n) is 11.7. The molecule has 3 aliphatic heterocycles. The summed E-state index contributed by atoms with van der Waals surface area (Å²) in [5, 5.41) is 0.231. The summed E-state index contributed by atoms with van der Waals surface area (Å²) in [6, 6.07) is 4.95. The van der Waals surface area contributed by atoms with Gasteiger partial charge in [-0.1, -0.05) is 6.07 Å². The number of carbonyl (C=O) groups is 1. The Labute approximate surface area is 140 Å². The fourth-order valence-corrected chi connectivity index (χ4v) is 5.51. The minimum Gasteiger partial charge on any atom is -0.297 e. The molecular weight excluding hydrogens is 367 g/mol. The van der Waals surface area contributed by atoms with Crippen LogP contribution in [-0.4, -0.2) is 41.3 Å². The molecule has 3 aliphatic rings. The van der Waals surface area contributed by atoms with Gasteiger partial charge in [-0.2, -0.15) is 11.8 Å². The number of hydrogen-bond acceptors (Lipinski definition) is 4. The Morgan fingerprint density at radius 3 is 3.00 bits per heavy atom. The first-order chi connectivity index (χ1) is 10.6. The Hall–Kier alpha value is -1.01. The van der Waals surface area contributed by atoms with Crippen molar-refractivity contribution in [3.8, 4) is 0 Å². The number of rotatable bonds is 1. The number of hydrogen-bond donors (Lipinski definition) is 0. The molecule has 0 aliphatic carbocycles. The molecule has 0 N–H and O–H groups in total. The predicted octanol–water partition coefficient (Wildman–Crippen LogP) is 3.27. The molecule has 1 aromatic rings. The highest BCUT2D eigenvalue weighted by molar-refractivity contribution is 9.10. The summed E-state index contributed by atoms with van der Waals surface area (Å²) in [5.74, 6) is 0.789. The number of aliphatic imine (C=N–C) groups is 2. The number of benzene rings is 1. The number of thioether (sulfide) groups is 1. The molecule has 4 rings (SSSR count). The first-order valence-corrected chi connectivity index (χ1v) is 9.15. The van der Waals surface area contributed by atoms with E-state index in [0.29, 0.717) is 4.47 Å². The van der Waals surface area contributed by atoms with E-state index in [1.807, 2.05) is 30.1 Å². The predicted molar refractivity (Wildman–Crippen MR) is 90.8 cm³/mol. The largest absolute Gasteiger partial charge is 0.297 e. The number of fused-ring (bicyclic) bond motifs is 2. The van der Waals surface area contributed by atoms with Gasteiger partial charge < -0.3 is 0 Å². The van der Waals surface area contributed by atoms with Gasteiger partial charge >= 0.3 is 0 Å². The van der Waals surface area contributed by atoms with Crippen molar-refractivity contribution in [2.45, 2.75) is 23.6 Å². The molecule has 0 amide bonds. The fraction of sp³-hybridized carbons (Fsp3) is 0.438. The van der Waals surface area contributed by atoms with E-state index in [1.54, 1.807) is 0 Å². The van der Waals surface area contributed by atoms with Gasteiger partial charge in [-0.25, -0.2) is 4.39 Å². The van der Waals surface area contributed by atoms with Gasteiger partial charge in [-0.05, 0) is 45.8 Å². The van der Waals surface area contributed by atoms with Crippen LogP contribution in [0.4, 0.5) is 4.39 Å². The molecule has 22 heavy (non-hydrogen) atoms. The summed E-state index contributed by atoms with van der Waals surface area (Å²) in [6.07, 6.45) is 2.79. The van der Waals surface area contributed by atoms with Crippen molar-refractivity contribution in [2.75, 3.05) is 12.3 Å². The highest BCUT2D eigenvalue weighted by Crippen LogP contribution is 2.46. The molecule has 3 heterocycles. The molecule has 4 atom stereocenters. The minimum absolute atomic E-state index is 0.0566. The van der Waals surface area contributed by atoms with Gasteiger partial charge in [0.1, 0.15) is 5.82 Å². The van der Waals surface area contributed by atoms with Gasteiger partial charge in [0, 0.05) is 17.8 Å². The highest BCUT2D eigenvalue weighted by atomic mass is 79.9. The van der Waals surface area contributed by atoms with Crippen molar-refractivity contribution in [2.24, 2.45) is 15.9 Å². The standard InChI is InChI=1S/C16H14BrFN2OS/c17-9-5-8(1-2-10(9)18)14-15-12(6-19-7-13(15)21)20-11-3-4-22-16(11)14/h1-2,5-6,12,14-16H,3-4,7H2. The maximum absolute atomic E-state index is 13.6. The van der Waals surface area contributed by atoms with Crippen LogP contribution in [0, 0.1) is 11.7 Å². The van der Waals surface area contributed by atoms with Crippen LogP contribution in [0.1, 0.15) is 17.9 Å². The number of Topliss-reactive ketones (excluding diaryl/α,β-unsaturated/α-hetero) is 1. The molecule has 114 valence electrons. The third-order valence-corrected chi connectivity index (χ3v) is 6.56. The monoisotopic (exact) mass is 380 g/mol. The Bertz CT molecular complexity index is 705. The molecule has 0 bridgehead atoms. The van der Waals surface area contributed by atoms with Crippen LogP contribution in [0.2, 0.25) is 0 Å². The zero-order chi connectivity index (χ0) is 15.3. The topological polar surface area (TPSA) is 41.8 Å². The third-order valence-electron chi connectivity index (χ3n) is 4.59. The average Bonchev–Trinajstić information content (AvgIpc) is 2.96. The maximum atomic E-state index is 13.6. The molecular formula is C16H14BrFN2OS. The van der Waals surface area contributed by atoms with Crippen LogP contribution in [-0.2, 0) is 4.79 Å². The number of halogens is 2. The lowest BCUT2D eigenvalue weighted by molar-refractivity contribution is -0.122. The third kappa shape index (κ3) is 2.27. The summed E-state index contributed by atoms with van der Waals surface area (Å²) < 4.78 is 14.0. The Kier molecular flexibility index (Phi) is 3.69. The lowest BCUT2D eigenvalue weighted by atomic mass is 9.73. The van der Waals surface area contributed by atoms with Gasteiger partial charge in [-0.15, -0.1) is 0 Å². The van der Waals surface area contributed by atoms with Crippen molar-refractivity contribution in [3.63, 3.8) is 0 Å². The second kappa shape index (κ2) is 5.57. The molecule has 0 spiro atoms. The van der Waals surface area contributed by atoms with E-state index in [2.05, 4.69) is 20.9 Å². The summed E-state index contributed by atoms with van der Waals surface area (Å²) in [6.45, 7) is 0.238. The van der Waals surface area contributed by atoms with Crippen molar-refractivity contribution >= 4 is 45.4 Å². The summed E-state index contributed by atoms with van der Waals surface area (Å²) >= 11 is 5.13. The number of carbonyl (C=O) groups excluding carboxylic acids is 1. The maximum Gasteiger partial charge on any atom is 0.160 e. The zero-order valence-corrected chi connectivity index (χ0v) is 14.1. The molecule has 3 nitrogen and oxygen atoms in total. The van der Waals surface area contributed by atoms with E-state index in [1.165, 1.54) is 11.8 Å². The average molecular weight is 381 g/mol. The lowest BCUT2D eigenvalue weighted by Crippen LogP contribution is -2.46. The molecule has 1 saturated heterocycles. The quantitative estimate of drug-likeness (QED) is 0.750. The second-order valence-corrected chi connectivity index (χ2v) is 7.94. The van der Waals surface area contributed by atoms with Crippen molar-refractivity contribution in [1.29, 1.82) is 0 Å².